The summed E-state index contributed by atoms with van der Waals surface area (Å²) in [5, 5.41) is 21.5. The molecule has 1 fully saturated rings. The zero-order valence-corrected chi connectivity index (χ0v) is 20.5. The number of aliphatic hydroxyl groups excluding tert-OH is 2. The van der Waals surface area contributed by atoms with Crippen LogP contribution < -0.4 is 0 Å². The van der Waals surface area contributed by atoms with Crippen molar-refractivity contribution >= 4 is 5.97 Å². The number of carbonyl (C=O) groups excluding carboxylic acids is 1. The molecule has 0 aromatic rings. The highest BCUT2D eigenvalue weighted by atomic mass is 16.6. The SMILES string of the molecule is C=C1CCC[C@@H]2CC=C[C@@H](CC=CC(=O)OC([C@@H](O)C=CC3C=CCCC3)C[C@@H]3O[C@H]3[C@@H](O)C1)O2. The largest absolute Gasteiger partial charge is 0.456 e. The van der Waals surface area contributed by atoms with Crippen LogP contribution in [-0.2, 0) is 19.0 Å². The molecule has 1 saturated heterocycles. The summed E-state index contributed by atoms with van der Waals surface area (Å²) in [7, 11) is 0. The third-order valence-electron chi connectivity index (χ3n) is 7.25. The lowest BCUT2D eigenvalue weighted by Crippen LogP contribution is -2.32. The fourth-order valence-electron chi connectivity index (χ4n) is 5.18. The number of esters is 1. The number of hydrogen-bond donors (Lipinski definition) is 2. The monoisotopic (exact) mass is 484 g/mol. The van der Waals surface area contributed by atoms with Crippen molar-refractivity contribution in [3.05, 3.63) is 60.8 Å². The first-order chi connectivity index (χ1) is 17.0. The molecule has 35 heavy (non-hydrogen) atoms. The van der Waals surface area contributed by atoms with Gasteiger partial charge in [0.15, 0.2) is 0 Å². The molecule has 192 valence electrons. The Morgan fingerprint density at radius 2 is 1.97 bits per heavy atom. The molecule has 3 heterocycles. The Morgan fingerprint density at radius 3 is 2.80 bits per heavy atom. The maximum atomic E-state index is 12.6. The third-order valence-corrected chi connectivity index (χ3v) is 7.25. The van der Waals surface area contributed by atoms with E-state index in [1.54, 1.807) is 12.2 Å². The first-order valence-electron chi connectivity index (χ1n) is 13.2. The number of epoxide rings is 1. The molecule has 8 atom stereocenters. The molecule has 2 N–H and O–H groups in total. The Morgan fingerprint density at radius 1 is 1.09 bits per heavy atom. The summed E-state index contributed by atoms with van der Waals surface area (Å²) < 4.78 is 17.6. The number of fused-ring (bicyclic) bond motifs is 3. The minimum absolute atomic E-state index is 0.0600. The van der Waals surface area contributed by atoms with Crippen molar-refractivity contribution in [3.63, 3.8) is 0 Å². The number of hydrogen-bond acceptors (Lipinski definition) is 6. The van der Waals surface area contributed by atoms with Crippen molar-refractivity contribution in [1.82, 2.24) is 0 Å². The summed E-state index contributed by atoms with van der Waals surface area (Å²) >= 11 is 0. The van der Waals surface area contributed by atoms with E-state index >= 15 is 0 Å². The van der Waals surface area contributed by atoms with E-state index in [1.165, 1.54) is 6.08 Å². The Bertz CT molecular complexity index is 842. The van der Waals surface area contributed by atoms with Crippen LogP contribution in [0.1, 0.15) is 64.2 Å². The summed E-state index contributed by atoms with van der Waals surface area (Å²) in [6.07, 6.45) is 20.9. The fraction of sp³-hybridized carbons (Fsp3) is 0.621. The molecule has 0 spiro atoms. The number of carbonyl (C=O) groups is 1. The highest BCUT2D eigenvalue weighted by Gasteiger charge is 2.46. The van der Waals surface area contributed by atoms with Crippen molar-refractivity contribution in [3.8, 4) is 0 Å². The van der Waals surface area contributed by atoms with Crippen molar-refractivity contribution in [2.45, 2.75) is 107 Å². The Hall–Kier alpha value is -1.99. The van der Waals surface area contributed by atoms with Crippen LogP contribution >= 0.6 is 0 Å². The van der Waals surface area contributed by atoms with Crippen molar-refractivity contribution in [2.24, 2.45) is 5.92 Å². The molecule has 0 saturated carbocycles. The highest BCUT2D eigenvalue weighted by molar-refractivity contribution is 5.82. The summed E-state index contributed by atoms with van der Waals surface area (Å²) in [6, 6.07) is 0. The zero-order chi connectivity index (χ0) is 24.6. The molecule has 0 aromatic carbocycles. The second-order valence-electron chi connectivity index (χ2n) is 10.3. The second kappa shape index (κ2) is 12.8. The summed E-state index contributed by atoms with van der Waals surface area (Å²) in [4.78, 5) is 12.6. The van der Waals surface area contributed by atoms with E-state index in [4.69, 9.17) is 14.2 Å². The third kappa shape index (κ3) is 8.28. The van der Waals surface area contributed by atoms with Crippen LogP contribution in [-0.4, -0.2) is 58.9 Å². The molecule has 0 radical (unpaired) electrons. The fourth-order valence-corrected chi connectivity index (χ4v) is 5.18. The van der Waals surface area contributed by atoms with E-state index in [0.717, 1.165) is 50.5 Å². The van der Waals surface area contributed by atoms with Crippen LogP contribution in [0.4, 0.5) is 0 Å². The van der Waals surface area contributed by atoms with Crippen LogP contribution in [0.15, 0.2) is 60.8 Å². The van der Waals surface area contributed by atoms with Crippen molar-refractivity contribution in [2.75, 3.05) is 0 Å². The van der Waals surface area contributed by atoms with Gasteiger partial charge in [0.25, 0.3) is 0 Å². The standard InChI is InChI=1S/C29H40O6/c1-20-8-5-11-22-12-6-13-23(33-22)14-7-15-28(32)34-26(19-27-29(35-27)25(31)18-20)24(30)17-16-21-9-3-2-4-10-21/h3,6-7,9,13,15-17,21-27,29-31H,1-2,4-5,8,10-12,14,18-19H2/t21?,22-,23+,24+,25+,26?,27+,29+/m1/s1. The molecular weight excluding hydrogens is 444 g/mol. The van der Waals surface area contributed by atoms with Gasteiger partial charge in [-0.05, 0) is 63.7 Å². The summed E-state index contributed by atoms with van der Waals surface area (Å²) in [6.45, 7) is 4.15. The van der Waals surface area contributed by atoms with Crippen LogP contribution in [0.5, 0.6) is 0 Å². The molecule has 6 nitrogen and oxygen atoms in total. The van der Waals surface area contributed by atoms with Gasteiger partial charge >= 0.3 is 5.97 Å². The van der Waals surface area contributed by atoms with E-state index in [-0.39, 0.29) is 24.4 Å². The predicted molar refractivity (Wildman–Crippen MR) is 135 cm³/mol. The Balaban J connectivity index is 1.43. The second-order valence-corrected chi connectivity index (χ2v) is 10.3. The lowest BCUT2D eigenvalue weighted by atomic mass is 9.94. The van der Waals surface area contributed by atoms with Gasteiger partial charge in [-0.3, -0.25) is 0 Å². The van der Waals surface area contributed by atoms with Gasteiger partial charge in [-0.2, -0.15) is 0 Å². The average Bonchev–Trinajstić information content (AvgIpc) is 3.62. The van der Waals surface area contributed by atoms with Gasteiger partial charge in [0.2, 0.25) is 0 Å². The molecule has 6 heteroatoms. The maximum Gasteiger partial charge on any atom is 0.330 e. The first kappa shape index (κ1) is 26.1. The van der Waals surface area contributed by atoms with Crippen molar-refractivity contribution in [1.29, 1.82) is 0 Å². The van der Waals surface area contributed by atoms with Gasteiger partial charge in [-0.1, -0.05) is 54.7 Å². The number of aliphatic hydroxyl groups is 2. The van der Waals surface area contributed by atoms with E-state index in [1.807, 2.05) is 12.2 Å². The number of allylic oxidation sites excluding steroid dienone is 3. The Labute approximate surface area is 209 Å². The number of cyclic esters (lactones) is 1. The van der Waals surface area contributed by atoms with Gasteiger partial charge in [-0.15, -0.1) is 0 Å². The molecule has 4 aliphatic rings. The normalized spacial score (nSPS) is 37.8. The van der Waals surface area contributed by atoms with Gasteiger partial charge in [0.05, 0.1) is 24.4 Å². The van der Waals surface area contributed by atoms with E-state index in [0.29, 0.717) is 25.2 Å². The molecular formula is C29H40O6. The van der Waals surface area contributed by atoms with Crippen LogP contribution in [0.2, 0.25) is 0 Å². The lowest BCUT2D eigenvalue weighted by Gasteiger charge is -2.25. The van der Waals surface area contributed by atoms with Crippen LogP contribution in [0.25, 0.3) is 0 Å². The molecule has 4 rings (SSSR count). The van der Waals surface area contributed by atoms with Crippen molar-refractivity contribution < 1.29 is 29.2 Å². The van der Waals surface area contributed by atoms with E-state index in [2.05, 4.69) is 24.8 Å². The topological polar surface area (TPSA) is 88.5 Å². The predicted octanol–water partition coefficient (Wildman–Crippen LogP) is 4.48. The molecule has 0 amide bonds. The molecule has 3 aliphatic heterocycles. The minimum Gasteiger partial charge on any atom is -0.456 e. The Kier molecular flexibility index (Phi) is 9.55. The average molecular weight is 485 g/mol. The highest BCUT2D eigenvalue weighted by Crippen LogP contribution is 2.34. The summed E-state index contributed by atoms with van der Waals surface area (Å²) in [5.41, 5.74) is 1.00. The molecule has 0 aromatic heterocycles. The number of ether oxygens (including phenoxy) is 3. The zero-order valence-electron chi connectivity index (χ0n) is 20.5. The molecule has 2 unspecified atom stereocenters. The van der Waals surface area contributed by atoms with Gasteiger partial charge in [0.1, 0.15) is 18.3 Å². The van der Waals surface area contributed by atoms with Gasteiger partial charge < -0.3 is 24.4 Å². The first-order valence-corrected chi connectivity index (χ1v) is 13.2. The number of rotatable bonds is 3. The summed E-state index contributed by atoms with van der Waals surface area (Å²) in [5.74, 6) is -0.207. The van der Waals surface area contributed by atoms with Crippen LogP contribution in [0.3, 0.4) is 0 Å². The lowest BCUT2D eigenvalue weighted by molar-refractivity contribution is -0.148. The molecule has 1 aliphatic carbocycles. The smallest absolute Gasteiger partial charge is 0.330 e. The maximum absolute atomic E-state index is 12.6. The van der Waals surface area contributed by atoms with E-state index < -0.39 is 24.3 Å². The van der Waals surface area contributed by atoms with E-state index in [9.17, 15) is 15.0 Å². The van der Waals surface area contributed by atoms with Crippen LogP contribution in [0, 0.1) is 5.92 Å². The minimum atomic E-state index is -0.949. The van der Waals surface area contributed by atoms with Gasteiger partial charge in [0, 0.05) is 12.5 Å². The van der Waals surface area contributed by atoms with Gasteiger partial charge in [-0.25, -0.2) is 4.79 Å². The quantitative estimate of drug-likeness (QED) is 0.349. The molecule has 2 bridgehead atoms.